The third-order valence-corrected chi connectivity index (χ3v) is 1.77. The Kier molecular flexibility index (Phi) is 3.70. The number of rotatable bonds is 4. The van der Waals surface area contributed by atoms with Crippen LogP contribution in [-0.2, 0) is 11.4 Å². The summed E-state index contributed by atoms with van der Waals surface area (Å²) in [5, 5.41) is 8.51. The minimum absolute atomic E-state index is 0.000602. The van der Waals surface area contributed by atoms with Crippen molar-refractivity contribution in [3.05, 3.63) is 34.9 Å². The lowest BCUT2D eigenvalue weighted by atomic mass is 10.1. The molecule has 0 unspecified atom stereocenters. The maximum atomic E-state index is 13.2. The smallest absolute Gasteiger partial charge is 0.338 e. The summed E-state index contributed by atoms with van der Waals surface area (Å²) in [5.41, 5.74) is 1.64. The highest BCUT2D eigenvalue weighted by Gasteiger charge is 2.14. The topological polar surface area (TPSA) is 58.6 Å². The van der Waals surface area contributed by atoms with Crippen LogP contribution in [0.1, 0.15) is 15.9 Å². The van der Waals surface area contributed by atoms with Gasteiger partial charge in [-0.3, -0.25) is 0 Å². The molecule has 0 aromatic heterocycles. The summed E-state index contributed by atoms with van der Waals surface area (Å²) in [6.45, 7) is -0.0425. The van der Waals surface area contributed by atoms with E-state index in [9.17, 15) is 13.6 Å². The normalized spacial score (nSPS) is 10.3. The van der Waals surface area contributed by atoms with Gasteiger partial charge >= 0.3 is 5.97 Å². The van der Waals surface area contributed by atoms with Gasteiger partial charge in [-0.1, -0.05) is 0 Å². The minimum Gasteiger partial charge on any atom is -0.478 e. The monoisotopic (exact) mass is 217 g/mol. The predicted octanol–water partition coefficient (Wildman–Crippen LogP) is 1.31. The zero-order chi connectivity index (χ0) is 11.4. The Morgan fingerprint density at radius 2 is 2.13 bits per heavy atom. The van der Waals surface area contributed by atoms with E-state index in [0.717, 1.165) is 6.07 Å². The molecule has 1 aromatic carbocycles. The fourth-order valence-corrected chi connectivity index (χ4v) is 1.04. The molecule has 0 saturated carbocycles. The first-order chi connectivity index (χ1) is 7.06. The van der Waals surface area contributed by atoms with Crippen molar-refractivity contribution in [2.24, 2.45) is 0 Å². The van der Waals surface area contributed by atoms with Gasteiger partial charge in [0.1, 0.15) is 11.6 Å². The van der Waals surface area contributed by atoms with Gasteiger partial charge in [0, 0.05) is 12.1 Å². The Balaban J connectivity index is 3.02. The average molecular weight is 217 g/mol. The first kappa shape index (κ1) is 11.5. The molecule has 0 aliphatic heterocycles. The summed E-state index contributed by atoms with van der Waals surface area (Å²) in [5.74, 6) is -3.27. The highest BCUT2D eigenvalue weighted by Crippen LogP contribution is 2.14. The number of aromatic carboxylic acids is 1. The molecule has 0 amide bonds. The van der Waals surface area contributed by atoms with E-state index in [1.165, 1.54) is 7.11 Å². The lowest BCUT2D eigenvalue weighted by molar-refractivity contribution is 0.0691. The van der Waals surface area contributed by atoms with Crippen molar-refractivity contribution in [2.75, 3.05) is 7.11 Å². The van der Waals surface area contributed by atoms with E-state index in [2.05, 4.69) is 10.3 Å². The number of benzene rings is 1. The highest BCUT2D eigenvalue weighted by atomic mass is 19.1. The Bertz CT molecular complexity index is 382. The summed E-state index contributed by atoms with van der Waals surface area (Å²) in [4.78, 5) is 14.9. The predicted molar refractivity (Wildman–Crippen MR) is 47.2 cm³/mol. The van der Waals surface area contributed by atoms with Gasteiger partial charge in [-0.2, -0.15) is 5.48 Å². The Morgan fingerprint density at radius 3 is 2.67 bits per heavy atom. The van der Waals surface area contributed by atoms with Crippen molar-refractivity contribution >= 4 is 5.97 Å². The van der Waals surface area contributed by atoms with Crippen LogP contribution in [0.5, 0.6) is 0 Å². The molecule has 0 aliphatic rings. The third kappa shape index (κ3) is 2.71. The third-order valence-electron chi connectivity index (χ3n) is 1.77. The average Bonchev–Trinajstić information content (AvgIpc) is 2.18. The molecule has 0 heterocycles. The minimum atomic E-state index is -1.50. The van der Waals surface area contributed by atoms with Crippen LogP contribution in [-0.4, -0.2) is 18.2 Å². The number of hydrogen-bond acceptors (Lipinski definition) is 3. The second-order valence-corrected chi connectivity index (χ2v) is 2.75. The maximum absolute atomic E-state index is 13.2. The molecule has 4 nitrogen and oxygen atoms in total. The number of carboxylic acids is 1. The molecule has 0 aliphatic carbocycles. The van der Waals surface area contributed by atoms with Crippen molar-refractivity contribution in [1.29, 1.82) is 0 Å². The molecule has 0 bridgehead atoms. The summed E-state index contributed by atoms with van der Waals surface area (Å²) in [6, 6.07) is 1.47. The first-order valence-corrected chi connectivity index (χ1v) is 4.03. The number of hydrogen-bond donors (Lipinski definition) is 2. The Morgan fingerprint density at radius 1 is 1.47 bits per heavy atom. The van der Waals surface area contributed by atoms with Crippen LogP contribution in [0.15, 0.2) is 12.1 Å². The van der Waals surface area contributed by atoms with E-state index in [1.54, 1.807) is 0 Å². The van der Waals surface area contributed by atoms with Gasteiger partial charge in [-0.25, -0.2) is 13.6 Å². The van der Waals surface area contributed by atoms with Gasteiger partial charge < -0.3 is 9.94 Å². The van der Waals surface area contributed by atoms with Crippen molar-refractivity contribution in [3.63, 3.8) is 0 Å². The Hall–Kier alpha value is -1.53. The quantitative estimate of drug-likeness (QED) is 0.746. The lowest BCUT2D eigenvalue weighted by Crippen LogP contribution is -2.13. The molecule has 1 aromatic rings. The second kappa shape index (κ2) is 4.81. The van der Waals surface area contributed by atoms with Gasteiger partial charge in [-0.15, -0.1) is 0 Å². The molecular weight excluding hydrogens is 208 g/mol. The lowest BCUT2D eigenvalue weighted by Gasteiger charge is -2.05. The van der Waals surface area contributed by atoms with Crippen molar-refractivity contribution in [2.45, 2.75) is 6.54 Å². The highest BCUT2D eigenvalue weighted by molar-refractivity contribution is 5.87. The molecule has 0 atom stereocenters. The van der Waals surface area contributed by atoms with Gasteiger partial charge in [-0.05, 0) is 12.1 Å². The van der Waals surface area contributed by atoms with E-state index in [1.807, 2.05) is 0 Å². The summed E-state index contributed by atoms with van der Waals surface area (Å²) in [7, 11) is 1.33. The number of carbonyl (C=O) groups is 1. The second-order valence-electron chi connectivity index (χ2n) is 2.75. The molecule has 0 fully saturated rings. The largest absolute Gasteiger partial charge is 0.478 e. The molecule has 82 valence electrons. The van der Waals surface area contributed by atoms with Gasteiger partial charge in [0.2, 0.25) is 0 Å². The number of hydroxylamine groups is 1. The Labute approximate surface area is 84.4 Å². The zero-order valence-corrected chi connectivity index (χ0v) is 7.88. The molecule has 0 saturated heterocycles. The SMILES string of the molecule is CONCc1cc(F)c(C(=O)O)cc1F. The molecule has 1 rings (SSSR count). The van der Waals surface area contributed by atoms with Gasteiger partial charge in [0.25, 0.3) is 0 Å². The zero-order valence-electron chi connectivity index (χ0n) is 7.88. The van der Waals surface area contributed by atoms with Crippen LogP contribution < -0.4 is 5.48 Å². The van der Waals surface area contributed by atoms with Crippen molar-refractivity contribution in [3.8, 4) is 0 Å². The van der Waals surface area contributed by atoms with E-state index >= 15 is 0 Å². The van der Waals surface area contributed by atoms with E-state index < -0.39 is 23.2 Å². The summed E-state index contributed by atoms with van der Waals surface area (Å²) >= 11 is 0. The van der Waals surface area contributed by atoms with Crippen LogP contribution in [0.4, 0.5) is 8.78 Å². The first-order valence-electron chi connectivity index (χ1n) is 4.03. The van der Waals surface area contributed by atoms with E-state index in [-0.39, 0.29) is 12.1 Å². The summed E-state index contributed by atoms with van der Waals surface area (Å²) in [6.07, 6.45) is 0. The number of carboxylic acid groups (broad SMARTS) is 1. The molecule has 0 radical (unpaired) electrons. The number of nitrogens with one attached hydrogen (secondary N) is 1. The van der Waals surface area contributed by atoms with Crippen LogP contribution in [0.25, 0.3) is 0 Å². The van der Waals surface area contributed by atoms with E-state index in [4.69, 9.17) is 5.11 Å². The van der Waals surface area contributed by atoms with E-state index in [0.29, 0.717) is 6.07 Å². The molecule has 6 heteroatoms. The van der Waals surface area contributed by atoms with Crippen LogP contribution in [0.3, 0.4) is 0 Å². The molecular formula is C9H9F2NO3. The fourth-order valence-electron chi connectivity index (χ4n) is 1.04. The van der Waals surface area contributed by atoms with Crippen molar-refractivity contribution < 1.29 is 23.5 Å². The molecule has 15 heavy (non-hydrogen) atoms. The van der Waals surface area contributed by atoms with Crippen LogP contribution in [0, 0.1) is 11.6 Å². The molecule has 0 spiro atoms. The van der Waals surface area contributed by atoms with Gasteiger partial charge in [0.05, 0.1) is 12.7 Å². The standard InChI is InChI=1S/C9H9F2NO3/c1-15-12-4-5-2-8(11)6(9(13)14)3-7(5)10/h2-3,12H,4H2,1H3,(H,13,14). The fraction of sp³-hybridized carbons (Fsp3) is 0.222. The van der Waals surface area contributed by atoms with Crippen LogP contribution >= 0.6 is 0 Å². The number of halogens is 2. The molecule has 2 N–H and O–H groups in total. The van der Waals surface area contributed by atoms with Crippen molar-refractivity contribution in [1.82, 2.24) is 5.48 Å². The summed E-state index contributed by atoms with van der Waals surface area (Å²) < 4.78 is 26.3. The maximum Gasteiger partial charge on any atom is 0.338 e. The van der Waals surface area contributed by atoms with Gasteiger partial charge in [0.15, 0.2) is 0 Å². The van der Waals surface area contributed by atoms with Crippen LogP contribution in [0.2, 0.25) is 0 Å².